The molecule has 2 N–H and O–H groups in total. The Morgan fingerprint density at radius 2 is 2.12 bits per heavy atom. The number of rotatable bonds is 4. The molecular weight excluding hydrogens is 340 g/mol. The molecule has 0 unspecified atom stereocenters. The zero-order valence-corrected chi connectivity index (χ0v) is 14.2. The molecule has 0 spiro atoms. The van der Waals surface area contributed by atoms with Crippen LogP contribution in [0.5, 0.6) is 0 Å². The molecule has 136 valence electrons. The minimum Gasteiger partial charge on any atom is -0.462 e. The largest absolute Gasteiger partial charge is 0.462 e. The van der Waals surface area contributed by atoms with Crippen molar-refractivity contribution in [3.63, 3.8) is 0 Å². The van der Waals surface area contributed by atoms with Crippen LogP contribution in [-0.2, 0) is 19.1 Å². The maximum atomic E-state index is 12.6. The van der Waals surface area contributed by atoms with Crippen molar-refractivity contribution in [2.45, 2.75) is 32.1 Å². The Bertz CT molecular complexity index is 855. The molecule has 1 atom stereocenters. The van der Waals surface area contributed by atoms with Crippen molar-refractivity contribution < 1.29 is 24.0 Å². The van der Waals surface area contributed by atoms with E-state index in [9.17, 15) is 19.7 Å². The van der Waals surface area contributed by atoms with Crippen molar-refractivity contribution in [3.05, 3.63) is 62.7 Å². The number of carbonyl (C=O) groups excluding carboxylic acids is 2. The van der Waals surface area contributed by atoms with Gasteiger partial charge < -0.3 is 15.2 Å². The summed E-state index contributed by atoms with van der Waals surface area (Å²) in [4.78, 5) is 36.1. The Kier molecular flexibility index (Phi) is 4.75. The van der Waals surface area contributed by atoms with Crippen LogP contribution in [0.1, 0.15) is 37.7 Å². The quantitative estimate of drug-likeness (QED) is 0.498. The van der Waals surface area contributed by atoms with Gasteiger partial charge in [0.05, 0.1) is 17.4 Å². The Hall–Kier alpha value is -3.16. The number of nitro groups is 1. The van der Waals surface area contributed by atoms with E-state index in [1.165, 1.54) is 18.2 Å². The Balaban J connectivity index is 2.25. The van der Waals surface area contributed by atoms with Gasteiger partial charge in [-0.25, -0.2) is 4.79 Å². The molecule has 0 amide bonds. The van der Waals surface area contributed by atoms with Crippen LogP contribution in [0, 0.1) is 10.1 Å². The maximum absolute atomic E-state index is 12.6. The van der Waals surface area contributed by atoms with E-state index < -0.39 is 16.8 Å². The van der Waals surface area contributed by atoms with Crippen LogP contribution in [0.25, 0.3) is 0 Å². The van der Waals surface area contributed by atoms with Crippen LogP contribution in [0.3, 0.4) is 0 Å². The number of hydrogen-bond donors (Lipinski definition) is 1. The molecule has 2 aliphatic rings. The van der Waals surface area contributed by atoms with E-state index in [1.807, 2.05) is 0 Å². The molecule has 8 nitrogen and oxygen atoms in total. The van der Waals surface area contributed by atoms with E-state index in [1.54, 1.807) is 13.0 Å². The molecule has 26 heavy (non-hydrogen) atoms. The molecule has 1 aliphatic carbocycles. The second-order valence-corrected chi connectivity index (χ2v) is 5.96. The Morgan fingerprint density at radius 1 is 1.38 bits per heavy atom. The number of ketones is 1. The predicted molar refractivity (Wildman–Crippen MR) is 90.7 cm³/mol. The summed E-state index contributed by atoms with van der Waals surface area (Å²) in [5, 5.41) is 11.5. The highest BCUT2D eigenvalue weighted by atomic mass is 16.6. The third-order valence-corrected chi connectivity index (χ3v) is 4.42. The van der Waals surface area contributed by atoms with Crippen LogP contribution in [0.2, 0.25) is 0 Å². The third kappa shape index (κ3) is 2.94. The van der Waals surface area contributed by atoms with E-state index in [0.717, 1.165) is 0 Å². The smallest absolute Gasteiger partial charge is 0.340 e. The highest BCUT2D eigenvalue weighted by Gasteiger charge is 2.43. The standard InChI is InChI=1S/C18H18N2O6/c1-2-25-18(22)16-14(10-6-3-4-7-11(10)20(23)24)15-12(21)8-5-9-13(15)26-17(16)19/h3-4,6-7,14H,2,5,8-9,19H2,1H3/t14-/m0/s1. The lowest BCUT2D eigenvalue weighted by Gasteiger charge is -2.32. The number of ether oxygens (including phenoxy) is 2. The molecule has 0 saturated carbocycles. The first-order valence-corrected chi connectivity index (χ1v) is 8.29. The molecule has 0 aromatic heterocycles. The molecule has 8 heteroatoms. The topological polar surface area (TPSA) is 122 Å². The lowest BCUT2D eigenvalue weighted by Crippen LogP contribution is -2.31. The third-order valence-electron chi connectivity index (χ3n) is 4.42. The monoisotopic (exact) mass is 358 g/mol. The van der Waals surface area contributed by atoms with Crippen molar-refractivity contribution in [1.82, 2.24) is 0 Å². The molecule has 1 aromatic rings. The first kappa shape index (κ1) is 17.7. The number of esters is 1. The van der Waals surface area contributed by atoms with E-state index in [-0.39, 0.29) is 47.1 Å². The van der Waals surface area contributed by atoms with Gasteiger partial charge in [0, 0.05) is 30.0 Å². The number of Topliss-reactive ketones (excluding diaryl/α,β-unsaturated/α-hetero) is 1. The van der Waals surface area contributed by atoms with Gasteiger partial charge >= 0.3 is 5.97 Å². The van der Waals surface area contributed by atoms with Crippen molar-refractivity contribution in [3.8, 4) is 0 Å². The maximum Gasteiger partial charge on any atom is 0.340 e. The van der Waals surface area contributed by atoms with Gasteiger partial charge in [-0.15, -0.1) is 0 Å². The van der Waals surface area contributed by atoms with E-state index in [4.69, 9.17) is 15.2 Å². The minimum atomic E-state index is -0.979. The number of nitro benzene ring substituents is 1. The number of hydrogen-bond acceptors (Lipinski definition) is 7. The fourth-order valence-corrected chi connectivity index (χ4v) is 3.37. The van der Waals surface area contributed by atoms with Gasteiger partial charge in [-0.2, -0.15) is 0 Å². The second-order valence-electron chi connectivity index (χ2n) is 5.96. The number of benzene rings is 1. The summed E-state index contributed by atoms with van der Waals surface area (Å²) in [6, 6.07) is 5.99. The summed E-state index contributed by atoms with van der Waals surface area (Å²) in [5.74, 6) is -1.75. The highest BCUT2D eigenvalue weighted by molar-refractivity contribution is 6.03. The Labute approximate surface area is 149 Å². The second kappa shape index (κ2) is 6.99. The molecule has 0 saturated heterocycles. The lowest BCUT2D eigenvalue weighted by molar-refractivity contribution is -0.385. The number of allylic oxidation sites excluding steroid dienone is 2. The van der Waals surface area contributed by atoms with Crippen LogP contribution in [-0.4, -0.2) is 23.3 Å². The molecule has 1 aliphatic heterocycles. The summed E-state index contributed by atoms with van der Waals surface area (Å²) in [5.41, 5.74) is 6.16. The van der Waals surface area contributed by atoms with Gasteiger partial charge in [0.1, 0.15) is 11.3 Å². The van der Waals surface area contributed by atoms with E-state index in [0.29, 0.717) is 18.6 Å². The zero-order chi connectivity index (χ0) is 18.8. The average Bonchev–Trinajstić information content (AvgIpc) is 2.60. The summed E-state index contributed by atoms with van der Waals surface area (Å²) >= 11 is 0. The minimum absolute atomic E-state index is 0.0739. The van der Waals surface area contributed by atoms with Gasteiger partial charge in [0.25, 0.3) is 5.69 Å². The number of nitrogens with zero attached hydrogens (tertiary/aromatic N) is 1. The van der Waals surface area contributed by atoms with Crippen LogP contribution >= 0.6 is 0 Å². The first-order chi connectivity index (χ1) is 12.5. The van der Waals surface area contributed by atoms with Crippen LogP contribution in [0.4, 0.5) is 5.69 Å². The first-order valence-electron chi connectivity index (χ1n) is 8.29. The van der Waals surface area contributed by atoms with E-state index >= 15 is 0 Å². The fraction of sp³-hybridized carbons (Fsp3) is 0.333. The van der Waals surface area contributed by atoms with Gasteiger partial charge in [-0.1, -0.05) is 18.2 Å². The summed E-state index contributed by atoms with van der Waals surface area (Å²) in [7, 11) is 0. The van der Waals surface area contributed by atoms with Crippen molar-refractivity contribution in [2.24, 2.45) is 5.73 Å². The van der Waals surface area contributed by atoms with Crippen LogP contribution < -0.4 is 5.73 Å². The van der Waals surface area contributed by atoms with Crippen LogP contribution in [0.15, 0.2) is 47.1 Å². The summed E-state index contributed by atoms with van der Waals surface area (Å²) < 4.78 is 10.6. The average molecular weight is 358 g/mol. The summed E-state index contributed by atoms with van der Waals surface area (Å²) in [6.45, 7) is 1.73. The predicted octanol–water partition coefficient (Wildman–Crippen LogP) is 2.45. The lowest BCUT2D eigenvalue weighted by atomic mass is 9.76. The molecule has 0 fully saturated rings. The van der Waals surface area contributed by atoms with Gasteiger partial charge in [-0.3, -0.25) is 14.9 Å². The molecule has 1 aromatic carbocycles. The van der Waals surface area contributed by atoms with Crippen molar-refractivity contribution in [2.75, 3.05) is 6.61 Å². The van der Waals surface area contributed by atoms with Crippen molar-refractivity contribution in [1.29, 1.82) is 0 Å². The van der Waals surface area contributed by atoms with E-state index in [2.05, 4.69) is 0 Å². The number of para-hydroxylation sites is 1. The molecule has 0 radical (unpaired) electrons. The van der Waals surface area contributed by atoms with Gasteiger partial charge in [-0.05, 0) is 13.3 Å². The van der Waals surface area contributed by atoms with Gasteiger partial charge in [0.2, 0.25) is 5.88 Å². The highest BCUT2D eigenvalue weighted by Crippen LogP contribution is 2.46. The van der Waals surface area contributed by atoms with Crippen molar-refractivity contribution >= 4 is 17.4 Å². The number of carbonyl (C=O) groups is 2. The number of nitrogens with two attached hydrogens (primary N) is 1. The molecule has 1 heterocycles. The summed E-state index contributed by atoms with van der Waals surface area (Å²) in [6.07, 6.45) is 1.37. The molecule has 3 rings (SSSR count). The SMILES string of the molecule is CCOC(=O)C1=C(N)OC2=C(C(=O)CCC2)[C@@H]1c1ccccc1[N+](=O)[O-]. The normalized spacial score (nSPS) is 19.7. The van der Waals surface area contributed by atoms with Gasteiger partial charge in [0.15, 0.2) is 5.78 Å². The molecular formula is C18H18N2O6. The zero-order valence-electron chi connectivity index (χ0n) is 14.2. The molecule has 0 bridgehead atoms. The fourth-order valence-electron chi connectivity index (χ4n) is 3.37. The Morgan fingerprint density at radius 3 is 2.81 bits per heavy atom.